The molecule has 3 aliphatic rings. The van der Waals surface area contributed by atoms with E-state index >= 15 is 0 Å². The predicted octanol–water partition coefficient (Wildman–Crippen LogP) is 0.314. The number of nitrogens with one attached hydrogen (secondary N) is 1. The van der Waals surface area contributed by atoms with Crippen LogP contribution in [0.2, 0.25) is 0 Å². The summed E-state index contributed by atoms with van der Waals surface area (Å²) < 4.78 is 12.6. The second-order valence-corrected chi connectivity index (χ2v) is 10.9. The molecule has 4 heterocycles. The Morgan fingerprint density at radius 3 is 2.62 bits per heavy atom. The van der Waals surface area contributed by atoms with Crippen molar-refractivity contribution in [2.45, 2.75) is 76.4 Å². The van der Waals surface area contributed by atoms with Gasteiger partial charge in [-0.1, -0.05) is 0 Å². The lowest BCUT2D eigenvalue weighted by molar-refractivity contribution is -0.137. The number of aliphatic hydroxyl groups excluding tert-OH is 2. The van der Waals surface area contributed by atoms with Gasteiger partial charge >= 0.3 is 6.09 Å². The number of ketones is 1. The molecule has 5 rings (SSSR count). The van der Waals surface area contributed by atoms with Crippen LogP contribution in [-0.2, 0) is 25.5 Å². The number of rotatable bonds is 9. The van der Waals surface area contributed by atoms with Crippen molar-refractivity contribution in [3.05, 3.63) is 12.2 Å². The van der Waals surface area contributed by atoms with E-state index in [-0.39, 0.29) is 23.6 Å². The smallest absolute Gasteiger partial charge is 0.409 e. The Hall–Kier alpha value is -3.36. The summed E-state index contributed by atoms with van der Waals surface area (Å²) in [6.07, 6.45) is 1.18. The molecular weight excluding hydrogens is 522 g/mol. The van der Waals surface area contributed by atoms with E-state index in [1.165, 1.54) is 10.9 Å². The van der Waals surface area contributed by atoms with Crippen LogP contribution in [0.25, 0.3) is 11.2 Å². The molecule has 2 saturated heterocycles. The number of carbonyl (C=O) groups excluding carboxylic acids is 3. The van der Waals surface area contributed by atoms with Gasteiger partial charge in [0, 0.05) is 44.8 Å². The number of likely N-dealkylation sites (tertiary alicyclic amines) is 1. The molecule has 2 aliphatic heterocycles. The van der Waals surface area contributed by atoms with Crippen molar-refractivity contribution in [2.75, 3.05) is 32.0 Å². The summed E-state index contributed by atoms with van der Waals surface area (Å²) in [6, 6.07) is 0. The molecule has 5 N–H and O–H groups in total. The van der Waals surface area contributed by atoms with E-state index in [2.05, 4.69) is 20.3 Å². The first-order chi connectivity index (χ1) is 19.2. The van der Waals surface area contributed by atoms with Gasteiger partial charge in [0.15, 0.2) is 23.8 Å². The number of likely N-dealkylation sites (N-methyl/N-ethyl adjacent to an activating group) is 1. The molecule has 40 heavy (non-hydrogen) atoms. The number of Topliss-reactive ketones (excluding diaryl/α,β-unsaturated/α-hetero) is 1. The lowest BCUT2D eigenvalue weighted by Crippen LogP contribution is -2.42. The number of ether oxygens (including phenoxy) is 2. The summed E-state index contributed by atoms with van der Waals surface area (Å²) >= 11 is 0. The number of hydrogen-bond donors (Lipinski definition) is 4. The van der Waals surface area contributed by atoms with Gasteiger partial charge in [-0.2, -0.15) is 0 Å². The van der Waals surface area contributed by atoms with Gasteiger partial charge in [0.05, 0.1) is 12.9 Å². The highest BCUT2D eigenvalue weighted by Gasteiger charge is 2.47. The molecule has 1 aliphatic carbocycles. The average molecular weight is 560 g/mol. The number of piperidine rings is 1. The molecule has 0 radical (unpaired) electrons. The molecule has 2 aromatic rings. The monoisotopic (exact) mass is 559 g/mol. The van der Waals surface area contributed by atoms with Gasteiger partial charge < -0.3 is 35.6 Å². The normalized spacial score (nSPS) is 25.8. The number of anilines is 1. The van der Waals surface area contributed by atoms with Gasteiger partial charge in [-0.25, -0.2) is 19.7 Å². The van der Waals surface area contributed by atoms with Crippen molar-refractivity contribution in [2.24, 2.45) is 11.8 Å². The third kappa shape index (κ3) is 5.88. The fourth-order valence-electron chi connectivity index (χ4n) is 5.60. The molecule has 1 saturated carbocycles. The summed E-state index contributed by atoms with van der Waals surface area (Å²) in [6.45, 7) is 3.73. The first-order valence-corrected chi connectivity index (χ1v) is 14.0. The van der Waals surface area contributed by atoms with E-state index in [0.717, 1.165) is 25.7 Å². The van der Waals surface area contributed by atoms with E-state index in [9.17, 15) is 24.6 Å². The van der Waals surface area contributed by atoms with Gasteiger partial charge in [0.25, 0.3) is 5.91 Å². The standard InChI is InChI=1S/C26H37N7O7/c1-2-28-24(37)21-19(35)20(36)25(40-21)33-13-29-18-22(27)30-17(31-23(18)33)5-3-4-14-6-8-32(9-7-14)26(38)39-12-15-10-16(34)11-15/h13-15,19-21,25,35-36H,2-12H2,1H3,(H,28,37)(H2,27,30,31)/t19?,20-,21-,25+/m0/s1. The number of nitrogens with two attached hydrogens (primary N) is 1. The number of amides is 2. The van der Waals surface area contributed by atoms with Crippen LogP contribution in [0.15, 0.2) is 6.33 Å². The third-order valence-electron chi connectivity index (χ3n) is 7.98. The maximum absolute atomic E-state index is 12.3. The van der Waals surface area contributed by atoms with Crippen LogP contribution < -0.4 is 11.1 Å². The lowest BCUT2D eigenvalue weighted by atomic mass is 9.85. The molecule has 0 aromatic carbocycles. The largest absolute Gasteiger partial charge is 0.449 e. The van der Waals surface area contributed by atoms with E-state index in [1.807, 2.05) is 0 Å². The highest BCUT2D eigenvalue weighted by atomic mass is 16.6. The Morgan fingerprint density at radius 1 is 1.18 bits per heavy atom. The van der Waals surface area contributed by atoms with Crippen LogP contribution in [0.4, 0.5) is 10.6 Å². The molecule has 14 heteroatoms. The van der Waals surface area contributed by atoms with E-state index in [4.69, 9.17) is 15.2 Å². The molecule has 3 fully saturated rings. The average Bonchev–Trinajstić information content (AvgIpc) is 3.47. The minimum absolute atomic E-state index is 0.176. The molecule has 2 amide bonds. The first-order valence-electron chi connectivity index (χ1n) is 14.0. The second-order valence-electron chi connectivity index (χ2n) is 10.9. The summed E-state index contributed by atoms with van der Waals surface area (Å²) in [7, 11) is 0. The van der Waals surface area contributed by atoms with Crippen LogP contribution >= 0.6 is 0 Å². The quantitative estimate of drug-likeness (QED) is 0.330. The Labute approximate surface area is 231 Å². The zero-order valence-corrected chi connectivity index (χ0v) is 22.6. The van der Waals surface area contributed by atoms with Crippen LogP contribution in [0.3, 0.4) is 0 Å². The minimum Gasteiger partial charge on any atom is -0.449 e. The maximum Gasteiger partial charge on any atom is 0.409 e. The number of fused-ring (bicyclic) bond motifs is 1. The van der Waals surface area contributed by atoms with Crippen LogP contribution in [-0.4, -0.2) is 97.0 Å². The van der Waals surface area contributed by atoms with Gasteiger partial charge in [-0.05, 0) is 38.5 Å². The minimum atomic E-state index is -1.41. The zero-order chi connectivity index (χ0) is 28.4. The third-order valence-corrected chi connectivity index (χ3v) is 7.98. The fourth-order valence-corrected chi connectivity index (χ4v) is 5.60. The first kappa shape index (κ1) is 28.2. The van der Waals surface area contributed by atoms with Crippen molar-refractivity contribution in [1.29, 1.82) is 0 Å². The molecule has 14 nitrogen and oxygen atoms in total. The SMILES string of the molecule is CCNC(=O)[C@H]1O[C@@H](n2cnc3c(N)nc(CCCC4CCN(C(=O)OCC5CC(=O)C5)CC4)nc32)[C@@H](O)C1O. The van der Waals surface area contributed by atoms with E-state index in [1.54, 1.807) is 11.8 Å². The molecule has 2 aromatic heterocycles. The van der Waals surface area contributed by atoms with Gasteiger partial charge in [-0.3, -0.25) is 14.2 Å². The van der Waals surface area contributed by atoms with E-state index < -0.39 is 30.4 Å². The molecule has 0 spiro atoms. The van der Waals surface area contributed by atoms with Crippen molar-refractivity contribution >= 4 is 34.8 Å². The lowest BCUT2D eigenvalue weighted by Gasteiger charge is -2.32. The number of aryl methyl sites for hydroxylation is 1. The van der Waals surface area contributed by atoms with Gasteiger partial charge in [-0.15, -0.1) is 0 Å². The number of aliphatic hydroxyl groups is 2. The number of hydrogen-bond acceptors (Lipinski definition) is 11. The topological polar surface area (TPSA) is 195 Å². The van der Waals surface area contributed by atoms with Gasteiger partial charge in [0.2, 0.25) is 0 Å². The molecule has 218 valence electrons. The number of carbonyl (C=O) groups is 3. The van der Waals surface area contributed by atoms with Crippen molar-refractivity contribution < 1.29 is 34.1 Å². The van der Waals surface area contributed by atoms with Crippen LogP contribution in [0, 0.1) is 11.8 Å². The number of aromatic nitrogens is 4. The van der Waals surface area contributed by atoms with Crippen molar-refractivity contribution in [1.82, 2.24) is 29.7 Å². The Kier molecular flexibility index (Phi) is 8.47. The highest BCUT2D eigenvalue weighted by molar-refractivity contribution is 5.84. The van der Waals surface area contributed by atoms with E-state index in [0.29, 0.717) is 68.4 Å². The summed E-state index contributed by atoms with van der Waals surface area (Å²) in [5.74, 6) is 1.09. The summed E-state index contributed by atoms with van der Waals surface area (Å²) in [4.78, 5) is 50.7. The summed E-state index contributed by atoms with van der Waals surface area (Å²) in [5.41, 5.74) is 6.86. The maximum atomic E-state index is 12.3. The predicted molar refractivity (Wildman–Crippen MR) is 141 cm³/mol. The fraction of sp³-hybridized carbons (Fsp3) is 0.692. The summed E-state index contributed by atoms with van der Waals surface area (Å²) in [5, 5.41) is 23.6. The molecule has 0 bridgehead atoms. The van der Waals surface area contributed by atoms with Crippen molar-refractivity contribution in [3.63, 3.8) is 0 Å². The number of nitrogen functional groups attached to an aromatic ring is 1. The molecule has 4 atom stereocenters. The second kappa shape index (κ2) is 12.0. The molecular formula is C26H37N7O7. The Bertz CT molecular complexity index is 1240. The van der Waals surface area contributed by atoms with Gasteiger partial charge in [0.1, 0.15) is 29.3 Å². The highest BCUT2D eigenvalue weighted by Crippen LogP contribution is 2.32. The number of imidazole rings is 1. The number of nitrogens with zero attached hydrogens (tertiary/aromatic N) is 5. The van der Waals surface area contributed by atoms with Crippen LogP contribution in [0.5, 0.6) is 0 Å². The Morgan fingerprint density at radius 2 is 1.93 bits per heavy atom. The van der Waals surface area contributed by atoms with Crippen molar-refractivity contribution in [3.8, 4) is 0 Å². The zero-order valence-electron chi connectivity index (χ0n) is 22.6. The Balaban J connectivity index is 1.14. The molecule has 1 unspecified atom stereocenters. The van der Waals surface area contributed by atoms with Crippen LogP contribution in [0.1, 0.15) is 57.5 Å².